The molecule has 0 saturated carbocycles. The van der Waals surface area contributed by atoms with E-state index in [1.807, 2.05) is 5.48 Å². The highest BCUT2D eigenvalue weighted by molar-refractivity contribution is 4.53. The Hall–Kier alpha value is -0.0800. The molecule has 0 rings (SSSR count). The molecule has 0 spiro atoms. The molecule has 0 unspecified atom stereocenters. The molecule has 0 aliphatic carbocycles. The highest BCUT2D eigenvalue weighted by Gasteiger charge is 1.97. The summed E-state index contributed by atoms with van der Waals surface area (Å²) >= 11 is 0. The second kappa shape index (κ2) is 36.9. The van der Waals surface area contributed by atoms with Crippen LogP contribution < -0.4 is 5.48 Å². The first kappa shape index (κ1) is 37.9. The van der Waals surface area contributed by atoms with Crippen LogP contribution in [-0.4, -0.2) is 6.54 Å². The van der Waals surface area contributed by atoms with Crippen molar-refractivity contribution in [2.24, 2.45) is 0 Å². The lowest BCUT2D eigenvalue weighted by molar-refractivity contribution is 0.511. The van der Waals surface area contributed by atoms with Gasteiger partial charge in [-0.3, -0.25) is 0 Å². The van der Waals surface area contributed by atoms with Crippen molar-refractivity contribution in [1.82, 2.24) is 5.48 Å². The van der Waals surface area contributed by atoms with Gasteiger partial charge < -0.3 is 10.7 Å². The van der Waals surface area contributed by atoms with Gasteiger partial charge >= 0.3 is 0 Å². The number of unbranched alkanes of at least 4 members (excludes halogenated alkanes) is 33. The van der Waals surface area contributed by atoms with Crippen molar-refractivity contribution >= 4 is 0 Å². The third-order valence-corrected chi connectivity index (χ3v) is 8.63. The second-order valence-electron chi connectivity index (χ2n) is 12.6. The van der Waals surface area contributed by atoms with Gasteiger partial charge in [-0.1, -0.05) is 219 Å². The second-order valence-corrected chi connectivity index (χ2v) is 12.6. The Morgan fingerprint density at radius 1 is 0.263 bits per heavy atom. The third-order valence-electron chi connectivity index (χ3n) is 8.63. The maximum Gasteiger partial charge on any atom is -0.0170 e. The van der Waals surface area contributed by atoms with Gasteiger partial charge in [0.1, 0.15) is 0 Å². The van der Waals surface area contributed by atoms with Gasteiger partial charge in [-0.25, -0.2) is 0 Å². The minimum atomic E-state index is 0.639. The minimum absolute atomic E-state index is 0.639. The lowest BCUT2D eigenvalue weighted by Gasteiger charge is -2.06. The predicted octanol–water partition coefficient (Wildman–Crippen LogP) is 13.4. The van der Waals surface area contributed by atoms with E-state index < -0.39 is 0 Å². The van der Waals surface area contributed by atoms with E-state index in [2.05, 4.69) is 6.92 Å². The van der Waals surface area contributed by atoms with Gasteiger partial charge in [0.2, 0.25) is 0 Å². The third kappa shape index (κ3) is 35.9. The molecular formula is C36H74NO-. The summed E-state index contributed by atoms with van der Waals surface area (Å²) < 4.78 is 0. The van der Waals surface area contributed by atoms with E-state index in [0.717, 1.165) is 6.42 Å². The number of hydrogen-bond acceptors (Lipinski definition) is 2. The first-order chi connectivity index (χ1) is 18.9. The van der Waals surface area contributed by atoms with E-state index in [1.54, 1.807) is 0 Å². The Bertz CT molecular complexity index is 350. The van der Waals surface area contributed by atoms with Gasteiger partial charge in [0, 0.05) is 0 Å². The Kier molecular flexibility index (Phi) is 36.8. The summed E-state index contributed by atoms with van der Waals surface area (Å²) in [6, 6.07) is 0. The van der Waals surface area contributed by atoms with Crippen LogP contribution >= 0.6 is 0 Å². The van der Waals surface area contributed by atoms with Crippen LogP contribution in [0.3, 0.4) is 0 Å². The molecule has 1 N–H and O–H groups in total. The number of rotatable bonds is 35. The number of hydroxylamine groups is 1. The summed E-state index contributed by atoms with van der Waals surface area (Å²) in [6.07, 6.45) is 48.9. The zero-order valence-electron chi connectivity index (χ0n) is 26.7. The standard InChI is InChI=1S/C36H74NO/c1-2-3-4-5-6-7-8-9-10-11-12-13-14-15-16-17-18-19-20-21-22-23-24-25-26-27-28-29-30-31-32-33-34-35-36-37-38/h37H,2-36H2,1H3/q-1. The molecule has 0 atom stereocenters. The van der Waals surface area contributed by atoms with E-state index >= 15 is 0 Å². The smallest absolute Gasteiger partial charge is 0.0170 e. The van der Waals surface area contributed by atoms with Crippen molar-refractivity contribution in [2.45, 2.75) is 225 Å². The quantitative estimate of drug-likeness (QED) is 0.0645. The molecule has 0 aliphatic rings. The maximum absolute atomic E-state index is 10.2. The lowest BCUT2D eigenvalue weighted by atomic mass is 10.0. The number of nitrogens with one attached hydrogen (secondary N) is 1. The van der Waals surface area contributed by atoms with Gasteiger partial charge in [0.15, 0.2) is 0 Å². The first-order valence-electron chi connectivity index (χ1n) is 18.3. The van der Waals surface area contributed by atoms with Crippen LogP contribution in [0.2, 0.25) is 0 Å². The van der Waals surface area contributed by atoms with Crippen molar-refractivity contribution in [2.75, 3.05) is 6.54 Å². The summed E-state index contributed by atoms with van der Waals surface area (Å²) in [5.41, 5.74) is 1.99. The molecule has 0 aromatic carbocycles. The molecule has 0 heterocycles. The molecule has 0 radical (unpaired) electrons. The van der Waals surface area contributed by atoms with Gasteiger partial charge in [0.05, 0.1) is 0 Å². The average molecular weight is 537 g/mol. The van der Waals surface area contributed by atoms with Gasteiger partial charge in [-0.15, -0.1) is 0 Å². The topological polar surface area (TPSA) is 35.1 Å². The van der Waals surface area contributed by atoms with Crippen molar-refractivity contribution in [1.29, 1.82) is 0 Å². The fourth-order valence-electron chi connectivity index (χ4n) is 5.93. The Balaban J connectivity index is 3.01. The van der Waals surface area contributed by atoms with Crippen molar-refractivity contribution < 1.29 is 0 Å². The summed E-state index contributed by atoms with van der Waals surface area (Å²) in [5.74, 6) is 0. The SMILES string of the molecule is CCCCCCCCCCCCCCCCCCCCCCCCCCCCCCCCCCCCN[O-]. The van der Waals surface area contributed by atoms with Gasteiger partial charge in [-0.2, -0.15) is 0 Å². The fraction of sp³-hybridized carbons (Fsp3) is 1.00. The molecule has 0 aromatic heterocycles. The van der Waals surface area contributed by atoms with Crippen LogP contribution in [0.25, 0.3) is 0 Å². The normalized spacial score (nSPS) is 11.5. The maximum atomic E-state index is 10.2. The average Bonchev–Trinajstić information content (AvgIpc) is 2.93. The van der Waals surface area contributed by atoms with E-state index in [0.29, 0.717) is 6.54 Å². The highest BCUT2D eigenvalue weighted by Crippen LogP contribution is 2.17. The van der Waals surface area contributed by atoms with Crippen LogP contribution in [0, 0.1) is 5.21 Å². The zero-order valence-corrected chi connectivity index (χ0v) is 26.7. The van der Waals surface area contributed by atoms with Crippen LogP contribution in [0.15, 0.2) is 0 Å². The molecule has 38 heavy (non-hydrogen) atoms. The first-order valence-corrected chi connectivity index (χ1v) is 18.3. The van der Waals surface area contributed by atoms with Crippen molar-refractivity contribution in [3.63, 3.8) is 0 Å². The molecule has 0 bridgehead atoms. The molecule has 0 aromatic rings. The summed E-state index contributed by atoms with van der Waals surface area (Å²) in [6.45, 7) is 2.94. The molecule has 2 heteroatoms. The van der Waals surface area contributed by atoms with Crippen LogP contribution in [0.4, 0.5) is 0 Å². The summed E-state index contributed by atoms with van der Waals surface area (Å²) in [4.78, 5) is 0. The zero-order chi connectivity index (χ0) is 27.5. The van der Waals surface area contributed by atoms with Crippen molar-refractivity contribution in [3.8, 4) is 0 Å². The molecule has 0 saturated heterocycles. The summed E-state index contributed by atoms with van der Waals surface area (Å²) in [7, 11) is 0. The van der Waals surface area contributed by atoms with E-state index in [1.165, 1.54) is 212 Å². The lowest BCUT2D eigenvalue weighted by Crippen LogP contribution is -2.04. The van der Waals surface area contributed by atoms with Crippen LogP contribution in [-0.2, 0) is 0 Å². The van der Waals surface area contributed by atoms with E-state index in [-0.39, 0.29) is 0 Å². The van der Waals surface area contributed by atoms with Gasteiger partial charge in [-0.05, 0) is 13.0 Å². The molecule has 0 aliphatic heterocycles. The summed E-state index contributed by atoms with van der Waals surface area (Å²) in [5, 5.41) is 10.2. The van der Waals surface area contributed by atoms with Crippen LogP contribution in [0.1, 0.15) is 225 Å². The molecule has 0 amide bonds. The van der Waals surface area contributed by atoms with E-state index in [4.69, 9.17) is 0 Å². The monoisotopic (exact) mass is 537 g/mol. The minimum Gasteiger partial charge on any atom is -0.788 e. The van der Waals surface area contributed by atoms with E-state index in [9.17, 15) is 5.21 Å². The predicted molar refractivity (Wildman–Crippen MR) is 174 cm³/mol. The Labute approximate surface area is 242 Å². The molecule has 0 fully saturated rings. The Morgan fingerprint density at radius 2 is 0.421 bits per heavy atom. The van der Waals surface area contributed by atoms with Crippen molar-refractivity contribution in [3.05, 3.63) is 5.21 Å². The fourth-order valence-corrected chi connectivity index (χ4v) is 5.93. The van der Waals surface area contributed by atoms with Gasteiger partial charge in [0.25, 0.3) is 0 Å². The Morgan fingerprint density at radius 3 is 0.579 bits per heavy atom. The highest BCUT2D eigenvalue weighted by atomic mass is 16.5. The molecule has 2 nitrogen and oxygen atoms in total. The van der Waals surface area contributed by atoms with Crippen LogP contribution in [0.5, 0.6) is 0 Å². The number of hydrogen-bond donors (Lipinski definition) is 1. The molecule has 230 valence electrons. The molecular weight excluding hydrogens is 462 g/mol. The largest absolute Gasteiger partial charge is 0.788 e.